The first kappa shape index (κ1) is 15.5. The molecule has 0 bridgehead atoms. The number of carbonyl (C=O) groups is 1. The fraction of sp³-hybridized carbons (Fsp3) is 0.765. The van der Waals surface area contributed by atoms with E-state index in [1.165, 1.54) is 0 Å². The molecule has 2 aliphatic rings. The van der Waals surface area contributed by atoms with E-state index in [1.807, 2.05) is 6.20 Å². The fourth-order valence-electron chi connectivity index (χ4n) is 4.26. The fourth-order valence-corrected chi connectivity index (χ4v) is 4.26. The lowest BCUT2D eigenvalue weighted by atomic mass is 9.87. The summed E-state index contributed by atoms with van der Waals surface area (Å²) in [6.07, 6.45) is 5.72. The van der Waals surface area contributed by atoms with Crippen molar-refractivity contribution >= 4 is 5.91 Å². The number of likely N-dealkylation sites (N-methyl/N-ethyl adjacent to an activating group) is 1. The monoisotopic (exact) mass is 304 g/mol. The number of nitrogens with one attached hydrogen (secondary N) is 1. The van der Waals surface area contributed by atoms with Gasteiger partial charge in [-0.3, -0.25) is 9.69 Å². The molecule has 1 aromatic heterocycles. The Bertz CT molecular complexity index is 515. The maximum atomic E-state index is 13.0. The van der Waals surface area contributed by atoms with Crippen LogP contribution in [0.25, 0.3) is 0 Å². The van der Waals surface area contributed by atoms with Crippen molar-refractivity contribution in [2.75, 3.05) is 20.1 Å². The second-order valence-corrected chi connectivity index (χ2v) is 7.21. The summed E-state index contributed by atoms with van der Waals surface area (Å²) in [5.74, 6) is 1.80. The molecular formula is C17H28N4O. The number of imidazole rings is 1. The van der Waals surface area contributed by atoms with Gasteiger partial charge < -0.3 is 9.88 Å². The number of hydrogen-bond donors (Lipinski definition) is 1. The van der Waals surface area contributed by atoms with Crippen LogP contribution in [0.5, 0.6) is 0 Å². The minimum Gasteiger partial charge on any atom is -0.351 e. The van der Waals surface area contributed by atoms with Gasteiger partial charge in [-0.15, -0.1) is 0 Å². The van der Waals surface area contributed by atoms with Gasteiger partial charge in [0.1, 0.15) is 0 Å². The van der Waals surface area contributed by atoms with E-state index in [2.05, 4.69) is 47.6 Å². The topological polar surface area (TPSA) is 52.2 Å². The minimum atomic E-state index is 0.0533. The van der Waals surface area contributed by atoms with Crippen LogP contribution < -0.4 is 0 Å². The zero-order chi connectivity index (χ0) is 15.9. The summed E-state index contributed by atoms with van der Waals surface area (Å²) >= 11 is 0. The van der Waals surface area contributed by atoms with Crippen molar-refractivity contribution in [2.45, 2.75) is 45.7 Å². The van der Waals surface area contributed by atoms with Gasteiger partial charge >= 0.3 is 0 Å². The molecule has 22 heavy (non-hydrogen) atoms. The first-order valence-corrected chi connectivity index (χ1v) is 8.51. The third kappa shape index (κ3) is 2.56. The van der Waals surface area contributed by atoms with Crippen LogP contribution in [0.1, 0.15) is 32.9 Å². The molecule has 3 rings (SSSR count). The van der Waals surface area contributed by atoms with Gasteiger partial charge in [0.2, 0.25) is 5.91 Å². The molecule has 5 heteroatoms. The average Bonchev–Trinajstić information content (AvgIpc) is 3.10. The Balaban J connectivity index is 1.76. The van der Waals surface area contributed by atoms with Crippen LogP contribution in [0, 0.1) is 17.8 Å². The molecule has 5 atom stereocenters. The van der Waals surface area contributed by atoms with Gasteiger partial charge in [-0.2, -0.15) is 0 Å². The summed E-state index contributed by atoms with van der Waals surface area (Å²) in [6.45, 7) is 8.55. The number of aromatic nitrogens is 2. The molecule has 0 spiro atoms. The van der Waals surface area contributed by atoms with Gasteiger partial charge in [0, 0.05) is 25.3 Å². The van der Waals surface area contributed by atoms with Crippen LogP contribution >= 0.6 is 0 Å². The summed E-state index contributed by atoms with van der Waals surface area (Å²) in [6, 6.07) is 0.416. The number of carbonyl (C=O) groups excluding carboxylic acids is 1. The number of nitrogens with zero attached hydrogens (tertiary/aromatic N) is 3. The predicted molar refractivity (Wildman–Crippen MR) is 86.3 cm³/mol. The number of fused-ring (bicyclic) bond motifs is 1. The van der Waals surface area contributed by atoms with Crippen molar-refractivity contribution < 1.29 is 4.79 Å². The zero-order valence-corrected chi connectivity index (χ0v) is 14.1. The van der Waals surface area contributed by atoms with E-state index in [0.717, 1.165) is 31.6 Å². The van der Waals surface area contributed by atoms with Crippen molar-refractivity contribution in [3.05, 3.63) is 18.2 Å². The lowest BCUT2D eigenvalue weighted by Gasteiger charge is -2.44. The molecule has 0 saturated carbocycles. The highest BCUT2D eigenvalue weighted by Crippen LogP contribution is 2.37. The Morgan fingerprint density at radius 2 is 2.23 bits per heavy atom. The van der Waals surface area contributed by atoms with Gasteiger partial charge in [-0.1, -0.05) is 27.2 Å². The summed E-state index contributed by atoms with van der Waals surface area (Å²) in [5.41, 5.74) is 1.11. The lowest BCUT2D eigenvalue weighted by molar-refractivity contribution is -0.145. The van der Waals surface area contributed by atoms with Crippen molar-refractivity contribution in [1.29, 1.82) is 0 Å². The second kappa shape index (κ2) is 6.03. The van der Waals surface area contributed by atoms with Gasteiger partial charge in [-0.05, 0) is 31.2 Å². The molecule has 1 aromatic rings. The largest absolute Gasteiger partial charge is 0.351 e. The predicted octanol–water partition coefficient (Wildman–Crippen LogP) is 1.78. The highest BCUT2D eigenvalue weighted by molar-refractivity contribution is 5.83. The van der Waals surface area contributed by atoms with E-state index >= 15 is 0 Å². The van der Waals surface area contributed by atoms with Crippen molar-refractivity contribution in [3.8, 4) is 0 Å². The zero-order valence-electron chi connectivity index (χ0n) is 14.1. The van der Waals surface area contributed by atoms with E-state index in [-0.39, 0.29) is 6.04 Å². The third-order valence-corrected chi connectivity index (χ3v) is 5.88. The average molecular weight is 304 g/mol. The maximum Gasteiger partial charge on any atom is 0.240 e. The summed E-state index contributed by atoms with van der Waals surface area (Å²) in [7, 11) is 2.11. The van der Waals surface area contributed by atoms with E-state index in [4.69, 9.17) is 0 Å². The second-order valence-electron chi connectivity index (χ2n) is 7.21. The molecule has 0 radical (unpaired) electrons. The molecule has 0 aromatic carbocycles. The molecule has 1 N–H and O–H groups in total. The van der Waals surface area contributed by atoms with Gasteiger partial charge in [0.15, 0.2) is 0 Å². The molecule has 5 unspecified atom stereocenters. The number of piperazine rings is 1. The summed E-state index contributed by atoms with van der Waals surface area (Å²) in [5, 5.41) is 0. The van der Waals surface area contributed by atoms with Crippen LogP contribution in [0.3, 0.4) is 0 Å². The number of aromatic amines is 1. The van der Waals surface area contributed by atoms with E-state index in [0.29, 0.717) is 29.7 Å². The summed E-state index contributed by atoms with van der Waals surface area (Å²) in [4.78, 5) is 24.8. The molecule has 0 aliphatic carbocycles. The highest BCUT2D eigenvalue weighted by Gasteiger charge is 2.48. The molecule has 1 amide bonds. The normalized spacial score (nSPS) is 34.0. The van der Waals surface area contributed by atoms with E-state index in [9.17, 15) is 4.79 Å². The molecular weight excluding hydrogens is 276 g/mol. The van der Waals surface area contributed by atoms with E-state index < -0.39 is 0 Å². The van der Waals surface area contributed by atoms with Crippen LogP contribution in [0.15, 0.2) is 12.5 Å². The Labute approximate surface area is 133 Å². The van der Waals surface area contributed by atoms with Crippen LogP contribution in [0.4, 0.5) is 0 Å². The Morgan fingerprint density at radius 3 is 2.86 bits per heavy atom. The molecule has 2 fully saturated rings. The lowest BCUT2D eigenvalue weighted by Crippen LogP contribution is -2.61. The smallest absolute Gasteiger partial charge is 0.240 e. The molecule has 122 valence electrons. The Morgan fingerprint density at radius 1 is 1.45 bits per heavy atom. The van der Waals surface area contributed by atoms with Crippen molar-refractivity contribution in [3.63, 3.8) is 0 Å². The minimum absolute atomic E-state index is 0.0533. The Kier molecular flexibility index (Phi) is 4.26. The number of amides is 1. The quantitative estimate of drug-likeness (QED) is 0.922. The maximum absolute atomic E-state index is 13.0. The van der Waals surface area contributed by atoms with Crippen molar-refractivity contribution in [2.24, 2.45) is 17.8 Å². The standard InChI is InChI=1S/C17H28N4O/c1-5-11(2)16-17(22)21-8-13(6-14-7-18-10-19-14)12(3)15(21)9-20(16)4/h7,10-13,15-16H,5-6,8-9H2,1-4H3,(H,18,19). The van der Waals surface area contributed by atoms with E-state index in [1.54, 1.807) is 6.33 Å². The van der Waals surface area contributed by atoms with Crippen LogP contribution in [-0.2, 0) is 11.2 Å². The van der Waals surface area contributed by atoms with Crippen LogP contribution in [0.2, 0.25) is 0 Å². The number of rotatable bonds is 4. The molecule has 5 nitrogen and oxygen atoms in total. The Hall–Kier alpha value is -1.36. The number of hydrogen-bond acceptors (Lipinski definition) is 3. The molecule has 2 saturated heterocycles. The van der Waals surface area contributed by atoms with Gasteiger partial charge in [0.25, 0.3) is 0 Å². The third-order valence-electron chi connectivity index (χ3n) is 5.88. The first-order valence-electron chi connectivity index (χ1n) is 8.51. The van der Waals surface area contributed by atoms with Crippen molar-refractivity contribution in [1.82, 2.24) is 19.8 Å². The van der Waals surface area contributed by atoms with Gasteiger partial charge in [-0.25, -0.2) is 4.98 Å². The SMILES string of the molecule is CCC(C)C1C(=O)N2CC(Cc3c[nH]cn3)C(C)C2CN1C. The molecule has 2 aliphatic heterocycles. The van der Waals surface area contributed by atoms with Gasteiger partial charge in [0.05, 0.1) is 18.1 Å². The first-order chi connectivity index (χ1) is 10.5. The molecule has 3 heterocycles. The highest BCUT2D eigenvalue weighted by atomic mass is 16.2. The van der Waals surface area contributed by atoms with Crippen LogP contribution in [-0.4, -0.2) is 57.9 Å². The summed E-state index contributed by atoms with van der Waals surface area (Å²) < 4.78 is 0. The number of H-pyrrole nitrogens is 1.